The van der Waals surface area contributed by atoms with Crippen molar-refractivity contribution in [1.29, 1.82) is 0 Å². The van der Waals surface area contributed by atoms with Gasteiger partial charge in [-0.15, -0.1) is 0 Å². The summed E-state index contributed by atoms with van der Waals surface area (Å²) in [7, 11) is -2.67. The first kappa shape index (κ1) is 24.3. The van der Waals surface area contributed by atoms with Crippen LogP contribution in [0.3, 0.4) is 0 Å². The van der Waals surface area contributed by atoms with Crippen LogP contribution in [0.1, 0.15) is 41.5 Å². The molecule has 4 nitrogen and oxygen atoms in total. The van der Waals surface area contributed by atoms with Crippen molar-refractivity contribution in [2.24, 2.45) is 0 Å². The standard InChI is InChI=1S/C18H46N4Si2/c1-17(2,3)23(7,8)21-15-13-19-11-12-20-14-16-22-24(9,10)18(4,5)6/h19-22H,11-16H2,1-10H3. The number of hydrogen-bond acceptors (Lipinski definition) is 4. The number of hydrogen-bond donors (Lipinski definition) is 4. The number of nitrogens with one attached hydrogen (secondary N) is 4. The fourth-order valence-electron chi connectivity index (χ4n) is 1.88. The largest absolute Gasteiger partial charge is 0.336 e. The lowest BCUT2D eigenvalue weighted by Crippen LogP contribution is -2.54. The van der Waals surface area contributed by atoms with Gasteiger partial charge in [0, 0.05) is 39.3 Å². The van der Waals surface area contributed by atoms with E-state index in [1.54, 1.807) is 0 Å². The van der Waals surface area contributed by atoms with Crippen molar-refractivity contribution < 1.29 is 0 Å². The normalized spacial score (nSPS) is 14.2. The first-order chi connectivity index (χ1) is 10.7. The zero-order valence-corrected chi connectivity index (χ0v) is 20.2. The molecule has 0 aromatic heterocycles. The third-order valence-corrected chi connectivity index (χ3v) is 15.7. The molecule has 4 N–H and O–H groups in total. The van der Waals surface area contributed by atoms with Crippen molar-refractivity contribution in [2.75, 3.05) is 39.3 Å². The highest BCUT2D eigenvalue weighted by Gasteiger charge is 2.35. The predicted molar refractivity (Wildman–Crippen MR) is 116 cm³/mol. The molecule has 24 heavy (non-hydrogen) atoms. The summed E-state index contributed by atoms with van der Waals surface area (Å²) in [6, 6.07) is 0. The third-order valence-electron chi connectivity index (χ3n) is 5.97. The minimum Gasteiger partial charge on any atom is -0.336 e. The fraction of sp³-hybridized carbons (Fsp3) is 1.00. The van der Waals surface area contributed by atoms with E-state index in [4.69, 9.17) is 0 Å². The summed E-state index contributed by atoms with van der Waals surface area (Å²) in [6.07, 6.45) is 0. The summed E-state index contributed by atoms with van der Waals surface area (Å²) < 4.78 is 0. The highest BCUT2D eigenvalue weighted by molar-refractivity contribution is 6.78. The third kappa shape index (κ3) is 9.10. The number of rotatable bonds is 11. The van der Waals surface area contributed by atoms with E-state index in [0.29, 0.717) is 10.1 Å². The minimum atomic E-state index is -1.33. The summed E-state index contributed by atoms with van der Waals surface area (Å²) in [4.78, 5) is 7.58. The van der Waals surface area contributed by atoms with E-state index in [1.807, 2.05) is 0 Å². The Bertz CT molecular complexity index is 310. The Kier molecular flexibility index (Phi) is 9.94. The van der Waals surface area contributed by atoms with E-state index in [9.17, 15) is 0 Å². The summed E-state index contributed by atoms with van der Waals surface area (Å²) >= 11 is 0. The van der Waals surface area contributed by atoms with Crippen LogP contribution in [0, 0.1) is 0 Å². The minimum absolute atomic E-state index is 0.408. The van der Waals surface area contributed by atoms with Crippen LogP contribution in [0.25, 0.3) is 0 Å². The lowest BCUT2D eigenvalue weighted by Gasteiger charge is -2.37. The van der Waals surface area contributed by atoms with Crippen molar-refractivity contribution in [2.45, 2.75) is 77.8 Å². The SMILES string of the molecule is CC(C)(C)[Si](C)(C)NCCNCCNCCN[Si](C)(C)C(C)(C)C. The van der Waals surface area contributed by atoms with E-state index in [1.165, 1.54) is 0 Å². The average molecular weight is 375 g/mol. The molecule has 146 valence electrons. The van der Waals surface area contributed by atoms with Crippen molar-refractivity contribution in [3.8, 4) is 0 Å². The zero-order valence-electron chi connectivity index (χ0n) is 18.2. The fourth-order valence-corrected chi connectivity index (χ4v) is 4.44. The molecule has 0 saturated heterocycles. The highest BCUT2D eigenvalue weighted by Crippen LogP contribution is 2.34. The van der Waals surface area contributed by atoms with Crippen LogP contribution < -0.4 is 20.6 Å². The summed E-state index contributed by atoms with van der Waals surface area (Å²) in [5.74, 6) is 0. The lowest BCUT2D eigenvalue weighted by molar-refractivity contribution is 0.593. The second-order valence-corrected chi connectivity index (χ2v) is 20.3. The molecular weight excluding hydrogens is 328 g/mol. The van der Waals surface area contributed by atoms with Gasteiger partial charge in [0.15, 0.2) is 0 Å². The molecule has 0 aromatic carbocycles. The van der Waals surface area contributed by atoms with Crippen molar-refractivity contribution >= 4 is 16.5 Å². The van der Waals surface area contributed by atoms with Gasteiger partial charge < -0.3 is 20.6 Å². The molecule has 0 unspecified atom stereocenters. The molecule has 0 aliphatic rings. The molecule has 0 spiro atoms. The van der Waals surface area contributed by atoms with E-state index in [-0.39, 0.29) is 0 Å². The van der Waals surface area contributed by atoms with Crippen LogP contribution in [0.5, 0.6) is 0 Å². The van der Waals surface area contributed by atoms with Crippen molar-refractivity contribution in [3.63, 3.8) is 0 Å². The quantitative estimate of drug-likeness (QED) is 0.331. The molecule has 0 aliphatic heterocycles. The molecule has 6 heteroatoms. The maximum Gasteiger partial charge on any atom is 0.124 e. The van der Waals surface area contributed by atoms with Gasteiger partial charge in [-0.25, -0.2) is 0 Å². The first-order valence-corrected chi connectivity index (χ1v) is 15.6. The van der Waals surface area contributed by atoms with E-state index >= 15 is 0 Å². The Morgan fingerprint density at radius 2 is 0.750 bits per heavy atom. The lowest BCUT2D eigenvalue weighted by atomic mass is 10.2. The Morgan fingerprint density at radius 1 is 0.500 bits per heavy atom. The van der Waals surface area contributed by atoms with Crippen LogP contribution in [-0.4, -0.2) is 55.7 Å². The Balaban J connectivity index is 3.60. The topological polar surface area (TPSA) is 48.1 Å². The molecule has 0 aromatic rings. The van der Waals surface area contributed by atoms with Crippen LogP contribution in [-0.2, 0) is 0 Å². The summed E-state index contributed by atoms with van der Waals surface area (Å²) in [5.41, 5.74) is 0. The molecule has 0 amide bonds. The Labute approximate surface area is 154 Å². The molecule has 0 radical (unpaired) electrons. The van der Waals surface area contributed by atoms with E-state index in [2.05, 4.69) is 88.3 Å². The molecule has 0 rings (SSSR count). The van der Waals surface area contributed by atoms with Gasteiger partial charge in [-0.05, 0) is 10.1 Å². The van der Waals surface area contributed by atoms with Crippen molar-refractivity contribution in [3.05, 3.63) is 0 Å². The van der Waals surface area contributed by atoms with E-state index in [0.717, 1.165) is 39.3 Å². The van der Waals surface area contributed by atoms with Crippen LogP contribution in [0.15, 0.2) is 0 Å². The van der Waals surface area contributed by atoms with Crippen LogP contribution in [0.4, 0.5) is 0 Å². The van der Waals surface area contributed by atoms with Gasteiger partial charge in [0.25, 0.3) is 0 Å². The smallest absolute Gasteiger partial charge is 0.124 e. The zero-order chi connectivity index (χ0) is 19.1. The average Bonchev–Trinajstić information content (AvgIpc) is 2.38. The van der Waals surface area contributed by atoms with E-state index < -0.39 is 16.5 Å². The molecule has 0 aliphatic carbocycles. The molecule has 0 atom stereocenters. The first-order valence-electron chi connectivity index (χ1n) is 9.62. The van der Waals surface area contributed by atoms with Gasteiger partial charge in [-0.3, -0.25) is 0 Å². The monoisotopic (exact) mass is 374 g/mol. The second-order valence-electron chi connectivity index (χ2n) is 10.1. The van der Waals surface area contributed by atoms with Crippen LogP contribution in [0.2, 0.25) is 36.3 Å². The predicted octanol–water partition coefficient (Wildman–Crippen LogP) is 3.36. The molecular formula is C18H46N4Si2. The Morgan fingerprint density at radius 3 is 1.00 bits per heavy atom. The maximum absolute atomic E-state index is 3.79. The van der Waals surface area contributed by atoms with Gasteiger partial charge in [0.1, 0.15) is 16.5 Å². The van der Waals surface area contributed by atoms with Crippen LogP contribution >= 0.6 is 0 Å². The Hall–Kier alpha value is 0.274. The molecule has 0 saturated carbocycles. The van der Waals surface area contributed by atoms with Gasteiger partial charge in [0.2, 0.25) is 0 Å². The van der Waals surface area contributed by atoms with Gasteiger partial charge in [-0.2, -0.15) is 0 Å². The molecule has 0 bridgehead atoms. The summed E-state index contributed by atoms with van der Waals surface area (Å²) in [5, 5.41) is 7.87. The highest BCUT2D eigenvalue weighted by atomic mass is 28.3. The molecule has 0 fully saturated rings. The maximum atomic E-state index is 3.79. The van der Waals surface area contributed by atoms with Gasteiger partial charge >= 0.3 is 0 Å². The van der Waals surface area contributed by atoms with Gasteiger partial charge in [-0.1, -0.05) is 67.7 Å². The summed E-state index contributed by atoms with van der Waals surface area (Å²) in [6.45, 7) is 30.1. The van der Waals surface area contributed by atoms with Crippen molar-refractivity contribution in [1.82, 2.24) is 20.6 Å². The van der Waals surface area contributed by atoms with Gasteiger partial charge in [0.05, 0.1) is 0 Å². The molecule has 0 heterocycles. The second kappa shape index (κ2) is 9.83.